The Kier molecular flexibility index (Phi) is 5.55. The van der Waals surface area contributed by atoms with Crippen LogP contribution < -0.4 is 0 Å². The maximum absolute atomic E-state index is 4.71. The van der Waals surface area contributed by atoms with Crippen molar-refractivity contribution in [3.8, 4) is 0 Å². The zero-order valence-corrected chi connectivity index (χ0v) is 16.0. The Morgan fingerprint density at radius 2 is 2.09 bits per heavy atom. The SMILES string of the molecule is CCc1nc(C)sc1CN1C[C@@H]2CC[C@H](C1)N(CC=C(C)C)C2. The van der Waals surface area contributed by atoms with Crippen molar-refractivity contribution in [2.24, 2.45) is 5.92 Å². The predicted molar refractivity (Wildman–Crippen MR) is 99.0 cm³/mol. The van der Waals surface area contributed by atoms with Crippen LogP contribution in [-0.4, -0.2) is 47.0 Å². The first-order valence-corrected chi connectivity index (χ1v) is 9.91. The Labute approximate surface area is 145 Å². The smallest absolute Gasteiger partial charge is 0.0900 e. The monoisotopic (exact) mass is 333 g/mol. The first-order chi connectivity index (χ1) is 11.0. The molecule has 0 radical (unpaired) electrons. The minimum Gasteiger partial charge on any atom is -0.296 e. The molecule has 3 aliphatic heterocycles. The van der Waals surface area contributed by atoms with E-state index in [1.807, 2.05) is 11.3 Å². The number of thiazole rings is 1. The number of rotatable bonds is 5. The van der Waals surface area contributed by atoms with Gasteiger partial charge in [0.25, 0.3) is 0 Å². The van der Waals surface area contributed by atoms with Crippen LogP contribution in [-0.2, 0) is 13.0 Å². The van der Waals surface area contributed by atoms with Gasteiger partial charge in [-0.3, -0.25) is 9.80 Å². The van der Waals surface area contributed by atoms with Crippen LogP contribution in [0.3, 0.4) is 0 Å². The standard InChI is InChI=1S/C19H31N3S/c1-5-18-19(23-15(4)20-18)13-21-10-16-6-7-17(12-21)22(11-16)9-8-14(2)3/h8,16-17H,5-7,9-13H2,1-4H3/t16-,17+/m0/s1. The summed E-state index contributed by atoms with van der Waals surface area (Å²) < 4.78 is 0. The van der Waals surface area contributed by atoms with Gasteiger partial charge < -0.3 is 0 Å². The molecule has 3 aliphatic rings. The van der Waals surface area contributed by atoms with Gasteiger partial charge in [0.1, 0.15) is 0 Å². The maximum Gasteiger partial charge on any atom is 0.0900 e. The van der Waals surface area contributed by atoms with Crippen LogP contribution in [0.4, 0.5) is 0 Å². The third-order valence-corrected chi connectivity index (χ3v) is 6.22. The van der Waals surface area contributed by atoms with Crippen LogP contribution in [0.2, 0.25) is 0 Å². The van der Waals surface area contributed by atoms with Crippen LogP contribution in [0.25, 0.3) is 0 Å². The van der Waals surface area contributed by atoms with Gasteiger partial charge in [-0.25, -0.2) is 4.98 Å². The molecule has 4 rings (SSSR count). The third-order valence-electron chi connectivity index (χ3n) is 5.22. The molecule has 1 aromatic rings. The fraction of sp³-hybridized carbons (Fsp3) is 0.737. The molecule has 0 amide bonds. The zero-order valence-electron chi connectivity index (χ0n) is 15.1. The summed E-state index contributed by atoms with van der Waals surface area (Å²) in [7, 11) is 0. The number of fused-ring (bicyclic) bond motifs is 4. The summed E-state index contributed by atoms with van der Waals surface area (Å²) in [6.07, 6.45) is 6.24. The van der Waals surface area contributed by atoms with Crippen molar-refractivity contribution < 1.29 is 0 Å². The van der Waals surface area contributed by atoms with Crippen molar-refractivity contribution in [2.75, 3.05) is 26.2 Å². The summed E-state index contributed by atoms with van der Waals surface area (Å²) in [6.45, 7) is 14.8. The molecule has 0 saturated carbocycles. The van der Waals surface area contributed by atoms with Gasteiger partial charge in [0.05, 0.1) is 10.7 Å². The minimum atomic E-state index is 0.739. The molecule has 2 bridgehead atoms. The molecule has 0 aliphatic carbocycles. The van der Waals surface area contributed by atoms with Gasteiger partial charge in [0.2, 0.25) is 0 Å². The minimum absolute atomic E-state index is 0.739. The van der Waals surface area contributed by atoms with Crippen molar-refractivity contribution in [3.63, 3.8) is 0 Å². The molecule has 1 aromatic heterocycles. The normalized spacial score (nSPS) is 25.6. The molecular formula is C19H31N3S. The van der Waals surface area contributed by atoms with Crippen LogP contribution in [0.1, 0.15) is 49.2 Å². The Morgan fingerprint density at radius 3 is 2.83 bits per heavy atom. The highest BCUT2D eigenvalue weighted by Crippen LogP contribution is 2.30. The molecule has 3 saturated heterocycles. The number of hydrogen-bond acceptors (Lipinski definition) is 4. The van der Waals surface area contributed by atoms with Gasteiger partial charge >= 0.3 is 0 Å². The molecule has 0 N–H and O–H groups in total. The average Bonchev–Trinajstić information content (AvgIpc) is 2.67. The third kappa shape index (κ3) is 4.23. The van der Waals surface area contributed by atoms with Gasteiger partial charge in [0.15, 0.2) is 0 Å². The Morgan fingerprint density at radius 1 is 1.26 bits per heavy atom. The van der Waals surface area contributed by atoms with E-state index in [2.05, 4.69) is 43.6 Å². The molecule has 128 valence electrons. The lowest BCUT2D eigenvalue weighted by atomic mass is 9.95. The number of aryl methyl sites for hydroxylation is 2. The number of piperidine rings is 1. The summed E-state index contributed by atoms with van der Waals surface area (Å²) in [5, 5.41) is 1.22. The first-order valence-electron chi connectivity index (χ1n) is 9.10. The van der Waals surface area contributed by atoms with E-state index in [0.717, 1.165) is 31.5 Å². The number of hydrogen-bond donors (Lipinski definition) is 0. The Balaban J connectivity index is 1.68. The summed E-state index contributed by atoms with van der Waals surface area (Å²) in [4.78, 5) is 11.6. The van der Waals surface area contributed by atoms with E-state index in [-0.39, 0.29) is 0 Å². The van der Waals surface area contributed by atoms with Gasteiger partial charge in [-0.05, 0) is 46.0 Å². The number of nitrogens with zero attached hydrogens (tertiary/aromatic N) is 3. The largest absolute Gasteiger partial charge is 0.296 e. The lowest BCUT2D eigenvalue weighted by Crippen LogP contribution is -2.43. The molecular weight excluding hydrogens is 302 g/mol. The van der Waals surface area contributed by atoms with Crippen molar-refractivity contribution in [3.05, 3.63) is 27.2 Å². The van der Waals surface area contributed by atoms with Gasteiger partial charge in [0, 0.05) is 43.6 Å². The van der Waals surface area contributed by atoms with E-state index in [1.165, 1.54) is 53.6 Å². The fourth-order valence-electron chi connectivity index (χ4n) is 4.04. The van der Waals surface area contributed by atoms with Crippen molar-refractivity contribution in [1.82, 2.24) is 14.8 Å². The van der Waals surface area contributed by atoms with Crippen LogP contribution >= 0.6 is 11.3 Å². The quantitative estimate of drug-likeness (QED) is 0.762. The first kappa shape index (κ1) is 17.1. The highest BCUT2D eigenvalue weighted by molar-refractivity contribution is 7.11. The summed E-state index contributed by atoms with van der Waals surface area (Å²) in [5.74, 6) is 0.846. The molecule has 4 heterocycles. The van der Waals surface area contributed by atoms with Crippen LogP contribution in [0.5, 0.6) is 0 Å². The molecule has 3 fully saturated rings. The molecule has 4 heteroatoms. The zero-order chi connectivity index (χ0) is 16.4. The maximum atomic E-state index is 4.71. The highest BCUT2D eigenvalue weighted by Gasteiger charge is 2.34. The van der Waals surface area contributed by atoms with Crippen LogP contribution in [0.15, 0.2) is 11.6 Å². The van der Waals surface area contributed by atoms with E-state index < -0.39 is 0 Å². The van der Waals surface area contributed by atoms with Crippen molar-refractivity contribution in [2.45, 2.75) is 59.5 Å². The second-order valence-electron chi connectivity index (χ2n) is 7.48. The van der Waals surface area contributed by atoms with E-state index in [4.69, 9.17) is 4.98 Å². The van der Waals surface area contributed by atoms with E-state index in [9.17, 15) is 0 Å². The number of aromatic nitrogens is 1. The van der Waals surface area contributed by atoms with Crippen molar-refractivity contribution in [1.29, 1.82) is 0 Å². The molecule has 2 atom stereocenters. The van der Waals surface area contributed by atoms with E-state index in [0.29, 0.717) is 0 Å². The average molecular weight is 334 g/mol. The van der Waals surface area contributed by atoms with Gasteiger partial charge in [-0.15, -0.1) is 11.3 Å². The Bertz CT molecular complexity index is 559. The van der Waals surface area contributed by atoms with E-state index >= 15 is 0 Å². The Hall–Kier alpha value is -0.710. The summed E-state index contributed by atoms with van der Waals surface area (Å²) in [6, 6.07) is 0.739. The van der Waals surface area contributed by atoms with Crippen LogP contribution in [0, 0.1) is 12.8 Å². The molecule has 0 unspecified atom stereocenters. The summed E-state index contributed by atoms with van der Waals surface area (Å²) >= 11 is 1.90. The molecule has 0 spiro atoms. The van der Waals surface area contributed by atoms with Gasteiger partial charge in [-0.2, -0.15) is 0 Å². The molecule has 3 nitrogen and oxygen atoms in total. The topological polar surface area (TPSA) is 19.4 Å². The molecule has 23 heavy (non-hydrogen) atoms. The second kappa shape index (κ2) is 7.45. The summed E-state index contributed by atoms with van der Waals surface area (Å²) in [5.41, 5.74) is 2.76. The van der Waals surface area contributed by atoms with E-state index in [1.54, 1.807) is 0 Å². The van der Waals surface area contributed by atoms with Crippen molar-refractivity contribution >= 4 is 11.3 Å². The fourth-order valence-corrected chi connectivity index (χ4v) is 5.11. The van der Waals surface area contributed by atoms with Gasteiger partial charge in [-0.1, -0.05) is 18.6 Å². The predicted octanol–water partition coefficient (Wildman–Crippen LogP) is 3.88. The lowest BCUT2D eigenvalue weighted by molar-refractivity contribution is 0.146. The lowest BCUT2D eigenvalue weighted by Gasteiger charge is -2.35. The molecule has 0 aromatic carbocycles. The highest BCUT2D eigenvalue weighted by atomic mass is 32.1. The number of allylic oxidation sites excluding steroid dienone is 1. The second-order valence-corrected chi connectivity index (χ2v) is 8.77.